The zero-order chi connectivity index (χ0) is 15.1. The topological polar surface area (TPSA) is 46.6 Å². The minimum Gasteiger partial charge on any atom is -0.368 e. The molecule has 1 fully saturated rings. The molecule has 1 amide bonds. The van der Waals surface area contributed by atoms with Crippen LogP contribution in [-0.4, -0.2) is 39.3 Å². The van der Waals surface area contributed by atoms with Gasteiger partial charge < -0.3 is 4.74 Å². The van der Waals surface area contributed by atoms with Crippen LogP contribution in [-0.2, 0) is 9.53 Å². The number of halogens is 1. The Morgan fingerprint density at radius 1 is 1.33 bits per heavy atom. The first-order chi connectivity index (χ1) is 10.1. The van der Waals surface area contributed by atoms with E-state index in [4.69, 9.17) is 4.74 Å². The number of amides is 1. The molecule has 0 bridgehead atoms. The molecule has 0 aromatic heterocycles. The Labute approximate surface area is 135 Å². The Morgan fingerprint density at radius 3 is 2.62 bits per heavy atom. The van der Waals surface area contributed by atoms with Crippen LogP contribution < -0.4 is 0 Å². The van der Waals surface area contributed by atoms with Crippen molar-refractivity contribution in [2.24, 2.45) is 0 Å². The number of nitrogens with zero attached hydrogens (tertiary/aromatic N) is 1. The van der Waals surface area contributed by atoms with Crippen LogP contribution in [0.1, 0.15) is 17.3 Å². The number of methoxy groups -OCH3 is 1. The Balaban J connectivity index is 2.01. The lowest BCUT2D eigenvalue weighted by Crippen LogP contribution is -2.65. The molecule has 0 spiro atoms. The van der Waals surface area contributed by atoms with Crippen molar-refractivity contribution in [3.63, 3.8) is 0 Å². The molecule has 2 aliphatic heterocycles. The molecular weight excluding hydrogens is 354 g/mol. The highest BCUT2D eigenvalue weighted by molar-refractivity contribution is 9.11. The number of benzene rings is 1. The molecule has 4 nitrogen and oxygen atoms in total. The molecule has 21 heavy (non-hydrogen) atoms. The molecule has 3 atom stereocenters. The number of rotatable bonds is 3. The summed E-state index contributed by atoms with van der Waals surface area (Å²) < 4.78 is 5.23. The third kappa shape index (κ3) is 2.25. The number of β-lactam (4-membered cyclic amide) rings is 1. The van der Waals surface area contributed by atoms with Gasteiger partial charge in [-0.3, -0.25) is 14.5 Å². The number of carbonyl (C=O) groups excluding carboxylic acids is 2. The van der Waals surface area contributed by atoms with Gasteiger partial charge in [0.05, 0.1) is 9.86 Å². The Hall–Kier alpha value is -1.11. The quantitative estimate of drug-likeness (QED) is 0.468. The second-order valence-corrected chi connectivity index (χ2v) is 7.68. The van der Waals surface area contributed by atoms with E-state index in [0.717, 1.165) is 5.57 Å². The fraction of sp³-hybridized carbons (Fsp3) is 0.333. The van der Waals surface area contributed by atoms with Crippen LogP contribution in [0, 0.1) is 0 Å². The van der Waals surface area contributed by atoms with Crippen molar-refractivity contribution in [2.75, 3.05) is 7.11 Å². The molecule has 0 radical (unpaired) electrons. The molecule has 2 aliphatic rings. The van der Waals surface area contributed by atoms with Crippen molar-refractivity contribution in [1.82, 2.24) is 4.90 Å². The molecule has 1 aromatic carbocycles. The summed E-state index contributed by atoms with van der Waals surface area (Å²) in [6, 6.07) is 9.03. The summed E-state index contributed by atoms with van der Waals surface area (Å²) in [7, 11) is 1.52. The average molecular weight is 368 g/mol. The van der Waals surface area contributed by atoms with E-state index in [2.05, 4.69) is 15.9 Å². The number of hydrogen-bond acceptors (Lipinski definition) is 4. The smallest absolute Gasteiger partial charge is 0.260 e. The standard InChI is InChI=1S/C15H14BrNO3S/c1-8-10(11(18)9-6-4-3-5-7-9)17-14(19)12(20-2)15(17)21-13(8)16/h3-7,12-13,15H,1-2H3/t12-,13?,15-/m0/s1. The van der Waals surface area contributed by atoms with Crippen LogP contribution in [0.2, 0.25) is 0 Å². The first-order valence-corrected chi connectivity index (χ1v) is 8.38. The first-order valence-electron chi connectivity index (χ1n) is 6.52. The van der Waals surface area contributed by atoms with Gasteiger partial charge in [0.1, 0.15) is 5.37 Å². The van der Waals surface area contributed by atoms with Crippen LogP contribution >= 0.6 is 27.7 Å². The van der Waals surface area contributed by atoms with Gasteiger partial charge in [-0.15, -0.1) is 11.8 Å². The van der Waals surface area contributed by atoms with Gasteiger partial charge in [-0.25, -0.2) is 0 Å². The monoisotopic (exact) mass is 367 g/mol. The number of allylic oxidation sites excluding steroid dienone is 1. The molecule has 110 valence electrons. The van der Waals surface area contributed by atoms with Crippen molar-refractivity contribution in [3.8, 4) is 0 Å². The van der Waals surface area contributed by atoms with Gasteiger partial charge in [0.2, 0.25) is 5.78 Å². The molecular formula is C15H14BrNO3S. The maximum Gasteiger partial charge on any atom is 0.260 e. The van der Waals surface area contributed by atoms with Gasteiger partial charge in [-0.05, 0) is 12.5 Å². The van der Waals surface area contributed by atoms with Crippen LogP contribution in [0.3, 0.4) is 0 Å². The normalized spacial score (nSPS) is 28.2. The van der Waals surface area contributed by atoms with E-state index in [9.17, 15) is 9.59 Å². The number of ether oxygens (including phenoxy) is 1. The zero-order valence-corrected chi connectivity index (χ0v) is 14.0. The minimum absolute atomic E-state index is 0.00663. The van der Waals surface area contributed by atoms with Gasteiger partial charge in [-0.1, -0.05) is 46.3 Å². The van der Waals surface area contributed by atoms with Crippen molar-refractivity contribution in [2.45, 2.75) is 22.6 Å². The van der Waals surface area contributed by atoms with E-state index in [0.29, 0.717) is 11.3 Å². The van der Waals surface area contributed by atoms with Crippen molar-refractivity contribution in [1.29, 1.82) is 0 Å². The summed E-state index contributed by atoms with van der Waals surface area (Å²) in [5, 5.41) is -0.141. The largest absolute Gasteiger partial charge is 0.368 e. The summed E-state index contributed by atoms with van der Waals surface area (Å²) >= 11 is 5.16. The SMILES string of the molecule is CO[C@H]1C(=O)N2C(C(=O)c3ccccc3)=C(C)C(Br)S[C@@H]12. The lowest BCUT2D eigenvalue weighted by molar-refractivity contribution is -0.158. The average Bonchev–Trinajstić information content (AvgIpc) is 2.51. The predicted octanol–water partition coefficient (Wildman–Crippen LogP) is 2.79. The molecule has 1 aromatic rings. The second kappa shape index (κ2) is 5.59. The number of Topliss-reactive ketones (excluding diaryl/α,β-unsaturated/α-hetero) is 1. The molecule has 1 unspecified atom stereocenters. The third-order valence-electron chi connectivity index (χ3n) is 3.71. The van der Waals surface area contributed by atoms with Crippen LogP contribution in [0.5, 0.6) is 0 Å². The molecule has 1 saturated heterocycles. The highest BCUT2D eigenvalue weighted by Crippen LogP contribution is 2.47. The van der Waals surface area contributed by atoms with Gasteiger partial charge in [0.15, 0.2) is 6.10 Å². The summed E-state index contributed by atoms with van der Waals surface area (Å²) in [5.41, 5.74) is 1.93. The highest BCUT2D eigenvalue weighted by atomic mass is 79.9. The molecule has 2 heterocycles. The molecule has 3 rings (SSSR count). The molecule has 0 saturated carbocycles. The lowest BCUT2D eigenvalue weighted by Gasteiger charge is -2.50. The predicted molar refractivity (Wildman–Crippen MR) is 85.2 cm³/mol. The molecule has 0 N–H and O–H groups in total. The minimum atomic E-state index is -0.471. The van der Waals surface area contributed by atoms with E-state index in [-0.39, 0.29) is 21.2 Å². The number of carbonyl (C=O) groups is 2. The summed E-state index contributed by atoms with van der Waals surface area (Å²) in [5.74, 6) is -0.265. The zero-order valence-electron chi connectivity index (χ0n) is 11.6. The van der Waals surface area contributed by atoms with Crippen molar-refractivity contribution < 1.29 is 14.3 Å². The van der Waals surface area contributed by atoms with Gasteiger partial charge in [-0.2, -0.15) is 0 Å². The Morgan fingerprint density at radius 2 is 2.00 bits per heavy atom. The van der Waals surface area contributed by atoms with Crippen molar-refractivity contribution >= 4 is 39.4 Å². The number of thioether (sulfide) groups is 1. The van der Waals surface area contributed by atoms with Crippen LogP contribution in [0.25, 0.3) is 0 Å². The summed E-state index contributed by atoms with van der Waals surface area (Å²) in [6.07, 6.45) is -0.471. The van der Waals surface area contributed by atoms with Crippen molar-refractivity contribution in [3.05, 3.63) is 47.2 Å². The molecule has 0 aliphatic carbocycles. The molecule has 6 heteroatoms. The lowest BCUT2D eigenvalue weighted by atomic mass is 9.99. The van der Waals surface area contributed by atoms with Gasteiger partial charge in [0, 0.05) is 12.7 Å². The highest BCUT2D eigenvalue weighted by Gasteiger charge is 2.55. The van der Waals surface area contributed by atoms with Gasteiger partial charge in [0.25, 0.3) is 5.91 Å². The maximum absolute atomic E-state index is 12.8. The van der Waals surface area contributed by atoms with E-state index < -0.39 is 6.10 Å². The van der Waals surface area contributed by atoms with E-state index in [1.165, 1.54) is 7.11 Å². The van der Waals surface area contributed by atoms with Crippen LogP contribution in [0.15, 0.2) is 41.6 Å². The number of alkyl halides is 1. The Kier molecular flexibility index (Phi) is 3.94. The second-order valence-electron chi connectivity index (χ2n) is 4.93. The number of hydrogen-bond donors (Lipinski definition) is 0. The van der Waals surface area contributed by atoms with E-state index in [1.807, 2.05) is 25.1 Å². The summed E-state index contributed by atoms with van der Waals surface area (Å²) in [4.78, 5) is 26.5. The number of ketones is 1. The van der Waals surface area contributed by atoms with E-state index >= 15 is 0 Å². The van der Waals surface area contributed by atoms with Crippen LogP contribution in [0.4, 0.5) is 0 Å². The number of fused-ring (bicyclic) bond motifs is 1. The van der Waals surface area contributed by atoms with E-state index in [1.54, 1.807) is 28.8 Å². The maximum atomic E-state index is 12.8. The first kappa shape index (κ1) is 14.8. The third-order valence-corrected chi connectivity index (χ3v) is 6.38. The fourth-order valence-corrected chi connectivity index (χ4v) is 4.70. The fourth-order valence-electron chi connectivity index (χ4n) is 2.56. The van der Waals surface area contributed by atoms with Gasteiger partial charge >= 0.3 is 0 Å². The Bertz CT molecular complexity index is 631. The summed E-state index contributed by atoms with van der Waals surface area (Å²) in [6.45, 7) is 1.88.